The molecule has 0 saturated heterocycles. The van der Waals surface area contributed by atoms with Crippen LogP contribution in [0.15, 0.2) is 66.7 Å². The zero-order chi connectivity index (χ0) is 30.2. The summed E-state index contributed by atoms with van der Waals surface area (Å²) in [6.07, 6.45) is -0.206. The van der Waals surface area contributed by atoms with Crippen LogP contribution in [0.4, 0.5) is 20.6 Å². The molecule has 3 aromatic carbocycles. The Morgan fingerprint density at radius 3 is 2.45 bits per heavy atom. The van der Waals surface area contributed by atoms with Crippen molar-refractivity contribution in [2.45, 2.75) is 39.0 Å². The summed E-state index contributed by atoms with van der Waals surface area (Å²) in [5.74, 6) is 0.809. The lowest BCUT2D eigenvalue weighted by Gasteiger charge is -2.34. The average Bonchev–Trinajstić information content (AvgIpc) is 3.01. The highest BCUT2D eigenvalue weighted by atomic mass is 19.1. The fraction of sp³-hybridized carbons (Fsp3) is 0.375. The quantitative estimate of drug-likeness (QED) is 0.338. The predicted octanol–water partition coefficient (Wildman–Crippen LogP) is 4.76. The Bertz CT molecular complexity index is 1350. The third-order valence-corrected chi connectivity index (χ3v) is 7.38. The first-order valence-corrected chi connectivity index (χ1v) is 14.0. The number of carbonyl (C=O) groups excluding carboxylic acids is 2. The number of nitrogens with zero attached hydrogens (tertiary/aromatic N) is 2. The third kappa shape index (κ3) is 8.20. The number of rotatable bonds is 9. The van der Waals surface area contributed by atoms with Gasteiger partial charge < -0.3 is 30.1 Å². The van der Waals surface area contributed by atoms with Gasteiger partial charge in [-0.1, -0.05) is 19.1 Å². The molecule has 0 bridgehead atoms. The molecule has 0 saturated carbocycles. The molecular weight excluding hydrogens is 539 g/mol. The SMILES string of the molecule is COc1ccc(CN(C)C[C@@H]2Oc3ccc(NC(=O)Nc4ccc(F)cc4)cc3CC(=O)N([C@@H](C)CO)C[C@@H]2C)cc1. The Morgan fingerprint density at radius 2 is 1.79 bits per heavy atom. The van der Waals surface area contributed by atoms with Crippen LogP contribution >= 0.6 is 0 Å². The summed E-state index contributed by atoms with van der Waals surface area (Å²) in [7, 11) is 3.67. The van der Waals surface area contributed by atoms with E-state index < -0.39 is 11.8 Å². The Labute approximate surface area is 246 Å². The lowest BCUT2D eigenvalue weighted by molar-refractivity contribution is -0.134. The van der Waals surface area contributed by atoms with Crippen molar-refractivity contribution in [3.8, 4) is 11.5 Å². The minimum Gasteiger partial charge on any atom is -0.497 e. The minimum atomic E-state index is -0.501. The molecule has 4 rings (SSSR count). The summed E-state index contributed by atoms with van der Waals surface area (Å²) >= 11 is 0. The number of likely N-dealkylation sites (N-methyl/N-ethyl adjacent to an activating group) is 1. The fourth-order valence-electron chi connectivity index (χ4n) is 4.97. The lowest BCUT2D eigenvalue weighted by atomic mass is 10.0. The van der Waals surface area contributed by atoms with Crippen molar-refractivity contribution in [3.63, 3.8) is 0 Å². The standard InChI is InChI=1S/C32H39FN4O5/c1-21-17-37(22(2)20-38)31(39)16-24-15-27(35-32(40)34-26-9-7-25(33)8-10-26)11-14-29(24)42-30(21)19-36(3)18-23-5-12-28(41-4)13-6-23/h5-15,21-22,30,38H,16-20H2,1-4H3,(H2,34,35,40)/t21-,22-,30-/m0/s1. The summed E-state index contributed by atoms with van der Waals surface area (Å²) < 4.78 is 25.1. The number of urea groups is 1. The van der Waals surface area contributed by atoms with Gasteiger partial charge in [-0.25, -0.2) is 9.18 Å². The summed E-state index contributed by atoms with van der Waals surface area (Å²) in [5, 5.41) is 15.3. The molecule has 0 aliphatic carbocycles. The number of fused-ring (bicyclic) bond motifs is 1. The normalized spacial score (nSPS) is 17.8. The van der Waals surface area contributed by atoms with E-state index in [9.17, 15) is 19.1 Å². The topological polar surface area (TPSA) is 103 Å². The van der Waals surface area contributed by atoms with Gasteiger partial charge in [0.2, 0.25) is 5.91 Å². The highest BCUT2D eigenvalue weighted by Crippen LogP contribution is 2.29. The number of nitrogens with one attached hydrogen (secondary N) is 2. The van der Waals surface area contributed by atoms with Crippen molar-refractivity contribution in [1.29, 1.82) is 0 Å². The first-order chi connectivity index (χ1) is 20.1. The number of ether oxygens (including phenoxy) is 2. The molecule has 10 heteroatoms. The third-order valence-electron chi connectivity index (χ3n) is 7.38. The molecule has 0 aromatic heterocycles. The number of aliphatic hydroxyl groups is 1. The second-order valence-electron chi connectivity index (χ2n) is 10.8. The maximum Gasteiger partial charge on any atom is 0.323 e. The highest BCUT2D eigenvalue weighted by molar-refractivity contribution is 5.99. The number of hydrogen-bond acceptors (Lipinski definition) is 6. The highest BCUT2D eigenvalue weighted by Gasteiger charge is 2.31. The number of carbonyl (C=O) groups is 2. The molecule has 3 aromatic rings. The van der Waals surface area contributed by atoms with E-state index in [1.807, 2.05) is 38.2 Å². The number of methoxy groups -OCH3 is 1. The van der Waals surface area contributed by atoms with Crippen LogP contribution in [-0.2, 0) is 17.8 Å². The van der Waals surface area contributed by atoms with Crippen molar-refractivity contribution in [2.24, 2.45) is 5.92 Å². The van der Waals surface area contributed by atoms with Crippen molar-refractivity contribution >= 4 is 23.3 Å². The van der Waals surface area contributed by atoms with Gasteiger partial charge in [0.05, 0.1) is 26.2 Å². The van der Waals surface area contributed by atoms with Gasteiger partial charge in [0, 0.05) is 42.5 Å². The lowest BCUT2D eigenvalue weighted by Crippen LogP contribution is -2.47. The molecule has 3 N–H and O–H groups in total. The van der Waals surface area contributed by atoms with Gasteiger partial charge in [0.15, 0.2) is 0 Å². The molecule has 3 amide bonds. The Hall–Kier alpha value is -4.15. The predicted molar refractivity (Wildman–Crippen MR) is 160 cm³/mol. The molecule has 3 atom stereocenters. The Balaban J connectivity index is 1.54. The molecule has 0 radical (unpaired) electrons. The molecule has 0 fully saturated rings. The molecular formula is C32H39FN4O5. The molecule has 224 valence electrons. The second-order valence-corrected chi connectivity index (χ2v) is 10.8. The van der Waals surface area contributed by atoms with E-state index in [2.05, 4.69) is 22.5 Å². The van der Waals surface area contributed by atoms with Crippen molar-refractivity contribution < 1.29 is 28.6 Å². The zero-order valence-electron chi connectivity index (χ0n) is 24.5. The van der Waals surface area contributed by atoms with Gasteiger partial charge >= 0.3 is 6.03 Å². The largest absolute Gasteiger partial charge is 0.497 e. The number of halogens is 1. The molecule has 9 nitrogen and oxygen atoms in total. The van der Waals surface area contributed by atoms with Crippen molar-refractivity contribution in [1.82, 2.24) is 9.80 Å². The Kier molecular flexibility index (Phi) is 10.4. The van der Waals surface area contributed by atoms with Gasteiger partial charge in [0.25, 0.3) is 0 Å². The molecule has 0 spiro atoms. The molecule has 1 heterocycles. The van der Waals surface area contributed by atoms with E-state index in [1.54, 1.807) is 30.2 Å². The van der Waals surface area contributed by atoms with E-state index in [0.717, 1.165) is 11.3 Å². The van der Waals surface area contributed by atoms with Gasteiger partial charge in [-0.15, -0.1) is 0 Å². The monoisotopic (exact) mass is 578 g/mol. The first-order valence-electron chi connectivity index (χ1n) is 14.0. The fourth-order valence-corrected chi connectivity index (χ4v) is 4.97. The Morgan fingerprint density at radius 1 is 1.12 bits per heavy atom. The first kappa shape index (κ1) is 30.8. The average molecular weight is 579 g/mol. The summed E-state index contributed by atoms with van der Waals surface area (Å²) in [6.45, 7) is 5.46. The summed E-state index contributed by atoms with van der Waals surface area (Å²) in [6, 6.07) is 17.7. The van der Waals surface area contributed by atoms with Gasteiger partial charge in [0.1, 0.15) is 23.4 Å². The van der Waals surface area contributed by atoms with Crippen LogP contribution in [0.2, 0.25) is 0 Å². The summed E-state index contributed by atoms with van der Waals surface area (Å²) in [5.41, 5.74) is 2.69. The number of benzene rings is 3. The maximum atomic E-state index is 13.5. The van der Waals surface area contributed by atoms with Gasteiger partial charge in [-0.2, -0.15) is 0 Å². The van der Waals surface area contributed by atoms with E-state index in [-0.39, 0.29) is 37.0 Å². The van der Waals surface area contributed by atoms with Crippen LogP contribution < -0.4 is 20.1 Å². The maximum absolute atomic E-state index is 13.5. The molecule has 0 unspecified atom stereocenters. The van der Waals surface area contributed by atoms with Gasteiger partial charge in [-0.05, 0) is 74.1 Å². The minimum absolute atomic E-state index is 0.0356. The van der Waals surface area contributed by atoms with Crippen LogP contribution in [0.5, 0.6) is 11.5 Å². The van der Waals surface area contributed by atoms with Crippen LogP contribution in [0.1, 0.15) is 25.0 Å². The number of hydrogen-bond donors (Lipinski definition) is 3. The van der Waals surface area contributed by atoms with Crippen LogP contribution in [0.25, 0.3) is 0 Å². The smallest absolute Gasteiger partial charge is 0.323 e. The van der Waals surface area contributed by atoms with E-state index in [0.29, 0.717) is 42.3 Å². The van der Waals surface area contributed by atoms with Crippen LogP contribution in [0, 0.1) is 11.7 Å². The van der Waals surface area contributed by atoms with Crippen molar-refractivity contribution in [2.75, 3.05) is 44.5 Å². The van der Waals surface area contributed by atoms with Crippen LogP contribution in [-0.4, -0.2) is 72.8 Å². The second kappa shape index (κ2) is 14.2. The van der Waals surface area contributed by atoms with Crippen LogP contribution in [0.3, 0.4) is 0 Å². The molecule has 42 heavy (non-hydrogen) atoms. The summed E-state index contributed by atoms with van der Waals surface area (Å²) in [4.78, 5) is 29.9. The van der Waals surface area contributed by atoms with Gasteiger partial charge in [-0.3, -0.25) is 9.69 Å². The zero-order valence-corrected chi connectivity index (χ0v) is 24.5. The van der Waals surface area contributed by atoms with E-state index in [1.165, 1.54) is 24.3 Å². The van der Waals surface area contributed by atoms with Crippen molar-refractivity contribution in [3.05, 3.63) is 83.7 Å². The molecule has 1 aliphatic rings. The number of anilines is 2. The van der Waals surface area contributed by atoms with E-state index in [4.69, 9.17) is 9.47 Å². The number of aliphatic hydroxyl groups excluding tert-OH is 1. The van der Waals surface area contributed by atoms with E-state index >= 15 is 0 Å². The molecule has 1 aliphatic heterocycles. The number of amides is 3.